The van der Waals surface area contributed by atoms with Crippen LogP contribution in [0.15, 0.2) is 12.1 Å². The van der Waals surface area contributed by atoms with Crippen LogP contribution in [0.5, 0.6) is 0 Å². The molecule has 0 spiro atoms. The van der Waals surface area contributed by atoms with E-state index in [4.69, 9.17) is 15.7 Å². The van der Waals surface area contributed by atoms with Gasteiger partial charge in [0, 0.05) is 12.6 Å². The van der Waals surface area contributed by atoms with Gasteiger partial charge in [-0.15, -0.1) is 0 Å². The monoisotopic (exact) mass is 295 g/mol. The Labute approximate surface area is 122 Å². The lowest BCUT2D eigenvalue weighted by Crippen LogP contribution is -2.31. The highest BCUT2D eigenvalue weighted by molar-refractivity contribution is 5.50. The number of ether oxygens (including phenoxy) is 1. The zero-order valence-electron chi connectivity index (χ0n) is 11.7. The molecule has 0 amide bonds. The fourth-order valence-electron chi connectivity index (χ4n) is 2.46. The number of anilines is 1. The van der Waals surface area contributed by atoms with Crippen molar-refractivity contribution in [1.29, 1.82) is 5.26 Å². The van der Waals surface area contributed by atoms with Crippen molar-refractivity contribution in [2.75, 3.05) is 18.5 Å². The third-order valence-corrected chi connectivity index (χ3v) is 3.65. The first-order valence-corrected chi connectivity index (χ1v) is 7.10. The average Bonchev–Trinajstić information content (AvgIpc) is 2.47. The van der Waals surface area contributed by atoms with Crippen LogP contribution in [0, 0.1) is 23.0 Å². The van der Waals surface area contributed by atoms with Crippen LogP contribution < -0.4 is 11.1 Å². The van der Waals surface area contributed by atoms with Crippen LogP contribution in [0.4, 0.5) is 14.5 Å². The van der Waals surface area contributed by atoms with Crippen molar-refractivity contribution in [3.63, 3.8) is 0 Å². The Morgan fingerprint density at radius 3 is 2.43 bits per heavy atom. The molecule has 0 saturated heterocycles. The number of rotatable bonds is 5. The van der Waals surface area contributed by atoms with E-state index in [2.05, 4.69) is 5.32 Å². The Morgan fingerprint density at radius 2 is 1.86 bits per heavy atom. The largest absolute Gasteiger partial charge is 0.378 e. The number of nitriles is 1. The molecule has 114 valence electrons. The summed E-state index contributed by atoms with van der Waals surface area (Å²) in [5.41, 5.74) is 5.55. The number of nitrogens with zero attached hydrogens (tertiary/aromatic N) is 1. The third-order valence-electron chi connectivity index (χ3n) is 3.65. The Balaban J connectivity index is 1.78. The molecule has 1 aromatic rings. The summed E-state index contributed by atoms with van der Waals surface area (Å²) in [6.07, 6.45) is 3.96. The lowest BCUT2D eigenvalue weighted by atomic mass is 9.94. The van der Waals surface area contributed by atoms with Crippen molar-refractivity contribution >= 4 is 5.69 Å². The van der Waals surface area contributed by atoms with Gasteiger partial charge in [0.25, 0.3) is 0 Å². The number of nitrogens with one attached hydrogen (secondary N) is 1. The molecule has 0 bridgehead atoms. The Bertz CT molecular complexity index is 499. The number of nitrogens with two attached hydrogens (primary N) is 1. The molecule has 1 aliphatic carbocycles. The fraction of sp³-hybridized carbons (Fsp3) is 0.533. The molecule has 1 aliphatic rings. The maximum atomic E-state index is 13.6. The van der Waals surface area contributed by atoms with Crippen molar-refractivity contribution in [2.24, 2.45) is 5.73 Å². The number of benzene rings is 1. The van der Waals surface area contributed by atoms with Crippen LogP contribution in [-0.4, -0.2) is 25.3 Å². The molecule has 2 rings (SSSR count). The smallest absolute Gasteiger partial charge is 0.150 e. The molecule has 1 fully saturated rings. The topological polar surface area (TPSA) is 71.1 Å². The number of hydrogen-bond acceptors (Lipinski definition) is 4. The van der Waals surface area contributed by atoms with Crippen LogP contribution in [-0.2, 0) is 4.74 Å². The van der Waals surface area contributed by atoms with Crippen molar-refractivity contribution in [3.05, 3.63) is 29.3 Å². The molecule has 0 aromatic heterocycles. The summed E-state index contributed by atoms with van der Waals surface area (Å²) in [5, 5.41) is 11.3. The summed E-state index contributed by atoms with van der Waals surface area (Å²) in [7, 11) is 0. The van der Waals surface area contributed by atoms with E-state index in [1.807, 2.05) is 0 Å². The Hall–Kier alpha value is -1.71. The quantitative estimate of drug-likeness (QED) is 0.819. The van der Waals surface area contributed by atoms with E-state index in [1.54, 1.807) is 6.07 Å². The zero-order chi connectivity index (χ0) is 15.2. The van der Waals surface area contributed by atoms with Crippen LogP contribution in [0.25, 0.3) is 0 Å². The van der Waals surface area contributed by atoms with Gasteiger partial charge in [-0.25, -0.2) is 8.78 Å². The molecule has 6 heteroatoms. The number of hydrogen-bond donors (Lipinski definition) is 2. The summed E-state index contributed by atoms with van der Waals surface area (Å²) in [6.45, 7) is 0.682. The van der Waals surface area contributed by atoms with Crippen LogP contribution in [0.3, 0.4) is 0 Å². The minimum atomic E-state index is -0.768. The van der Waals surface area contributed by atoms with E-state index in [-0.39, 0.29) is 23.4 Å². The summed E-state index contributed by atoms with van der Waals surface area (Å²) >= 11 is 0. The van der Waals surface area contributed by atoms with Gasteiger partial charge in [0.05, 0.1) is 24.3 Å². The normalized spacial score (nSPS) is 21.8. The van der Waals surface area contributed by atoms with Gasteiger partial charge in [-0.1, -0.05) is 0 Å². The van der Waals surface area contributed by atoms with Gasteiger partial charge in [-0.05, 0) is 37.8 Å². The standard InChI is InChI=1S/C15H19F2N3O/c16-13-7-10(9-18)8-14(17)15(13)20-5-6-21-12-3-1-11(19)2-4-12/h7-8,11-12,20H,1-6,19H2. The minimum absolute atomic E-state index is 0.0367. The second-order valence-electron chi connectivity index (χ2n) is 5.26. The molecule has 3 N–H and O–H groups in total. The van der Waals surface area contributed by atoms with E-state index >= 15 is 0 Å². The second-order valence-corrected chi connectivity index (χ2v) is 5.26. The van der Waals surface area contributed by atoms with E-state index < -0.39 is 11.6 Å². The van der Waals surface area contributed by atoms with Crippen molar-refractivity contribution in [2.45, 2.75) is 37.8 Å². The van der Waals surface area contributed by atoms with Crippen LogP contribution in [0.1, 0.15) is 31.2 Å². The first kappa shape index (κ1) is 15.7. The maximum absolute atomic E-state index is 13.6. The molecule has 1 aromatic carbocycles. The summed E-state index contributed by atoms with van der Waals surface area (Å²) in [5.74, 6) is -1.54. The molecule has 21 heavy (non-hydrogen) atoms. The van der Waals surface area contributed by atoms with Gasteiger partial charge in [0.2, 0.25) is 0 Å². The van der Waals surface area contributed by atoms with Crippen molar-refractivity contribution in [3.8, 4) is 6.07 Å². The summed E-state index contributed by atoms with van der Waals surface area (Å²) in [4.78, 5) is 0. The van der Waals surface area contributed by atoms with E-state index in [9.17, 15) is 8.78 Å². The highest BCUT2D eigenvalue weighted by Crippen LogP contribution is 2.21. The highest BCUT2D eigenvalue weighted by atomic mass is 19.1. The molecule has 4 nitrogen and oxygen atoms in total. The molecular formula is C15H19F2N3O. The first-order chi connectivity index (χ1) is 10.1. The predicted molar refractivity (Wildman–Crippen MR) is 75.7 cm³/mol. The molecular weight excluding hydrogens is 276 g/mol. The van der Waals surface area contributed by atoms with Gasteiger partial charge in [0.15, 0.2) is 11.6 Å². The average molecular weight is 295 g/mol. The molecule has 0 radical (unpaired) electrons. The second kappa shape index (κ2) is 7.34. The lowest BCUT2D eigenvalue weighted by molar-refractivity contribution is 0.0313. The molecule has 0 heterocycles. The van der Waals surface area contributed by atoms with Crippen molar-refractivity contribution < 1.29 is 13.5 Å². The van der Waals surface area contributed by atoms with Gasteiger partial charge < -0.3 is 15.8 Å². The fourth-order valence-corrected chi connectivity index (χ4v) is 2.46. The predicted octanol–water partition coefficient (Wildman–Crippen LogP) is 2.53. The Morgan fingerprint density at radius 1 is 1.24 bits per heavy atom. The van der Waals surface area contributed by atoms with Crippen LogP contribution in [0.2, 0.25) is 0 Å². The SMILES string of the molecule is N#Cc1cc(F)c(NCCOC2CCC(N)CC2)c(F)c1. The first-order valence-electron chi connectivity index (χ1n) is 7.10. The van der Waals surface area contributed by atoms with E-state index in [0.29, 0.717) is 13.2 Å². The minimum Gasteiger partial charge on any atom is -0.378 e. The van der Waals surface area contributed by atoms with Gasteiger partial charge in [0.1, 0.15) is 5.69 Å². The van der Waals surface area contributed by atoms with Gasteiger partial charge >= 0.3 is 0 Å². The molecule has 0 atom stereocenters. The van der Waals surface area contributed by atoms with E-state index in [1.165, 1.54) is 0 Å². The lowest BCUT2D eigenvalue weighted by Gasteiger charge is -2.26. The summed E-state index contributed by atoms with van der Waals surface area (Å²) in [6, 6.07) is 3.99. The highest BCUT2D eigenvalue weighted by Gasteiger charge is 2.18. The third kappa shape index (κ3) is 4.38. The number of halogens is 2. The van der Waals surface area contributed by atoms with Gasteiger partial charge in [-0.3, -0.25) is 0 Å². The molecule has 0 unspecified atom stereocenters. The van der Waals surface area contributed by atoms with E-state index in [0.717, 1.165) is 37.8 Å². The maximum Gasteiger partial charge on any atom is 0.150 e. The summed E-state index contributed by atoms with van der Waals surface area (Å²) < 4.78 is 32.9. The molecule has 0 aliphatic heterocycles. The van der Waals surface area contributed by atoms with Crippen molar-refractivity contribution in [1.82, 2.24) is 0 Å². The Kier molecular flexibility index (Phi) is 5.48. The zero-order valence-corrected chi connectivity index (χ0v) is 11.7. The molecule has 1 saturated carbocycles. The van der Waals surface area contributed by atoms with Crippen LogP contribution >= 0.6 is 0 Å². The van der Waals surface area contributed by atoms with Gasteiger partial charge in [-0.2, -0.15) is 5.26 Å².